The summed E-state index contributed by atoms with van der Waals surface area (Å²) in [6.45, 7) is 0. The minimum absolute atomic E-state index is 0.205. The van der Waals surface area contributed by atoms with E-state index >= 15 is 0 Å². The SMILES string of the molecule is Oc1cc(Cl)cc(-c2cccs2)c1. The quantitative estimate of drug-likeness (QED) is 0.760. The molecule has 0 saturated heterocycles. The first-order chi connectivity index (χ1) is 6.25. The first kappa shape index (κ1) is 8.60. The summed E-state index contributed by atoms with van der Waals surface area (Å²) < 4.78 is 0. The highest BCUT2D eigenvalue weighted by atomic mass is 35.5. The van der Waals surface area contributed by atoms with Crippen LogP contribution in [0.3, 0.4) is 0 Å². The van der Waals surface area contributed by atoms with E-state index in [1.54, 1.807) is 17.4 Å². The molecule has 0 radical (unpaired) electrons. The molecule has 3 heteroatoms. The molecule has 0 saturated carbocycles. The number of benzene rings is 1. The van der Waals surface area contributed by atoms with Gasteiger partial charge in [-0.25, -0.2) is 0 Å². The smallest absolute Gasteiger partial charge is 0.117 e. The summed E-state index contributed by atoms with van der Waals surface area (Å²) >= 11 is 7.44. The Labute approximate surface area is 85.2 Å². The Morgan fingerprint density at radius 2 is 2.08 bits per heavy atom. The van der Waals surface area contributed by atoms with Gasteiger partial charge < -0.3 is 5.11 Å². The van der Waals surface area contributed by atoms with E-state index in [0.717, 1.165) is 10.4 Å². The Hall–Kier alpha value is -0.990. The molecule has 1 heterocycles. The summed E-state index contributed by atoms with van der Waals surface area (Å²) in [6.07, 6.45) is 0. The lowest BCUT2D eigenvalue weighted by atomic mass is 10.2. The fourth-order valence-corrected chi connectivity index (χ4v) is 2.10. The number of hydrogen-bond donors (Lipinski definition) is 1. The van der Waals surface area contributed by atoms with E-state index in [2.05, 4.69) is 0 Å². The monoisotopic (exact) mass is 210 g/mol. The number of phenols is 1. The summed E-state index contributed by atoms with van der Waals surface area (Å²) in [6, 6.07) is 9.04. The van der Waals surface area contributed by atoms with Crippen LogP contribution in [0.15, 0.2) is 35.7 Å². The van der Waals surface area contributed by atoms with Gasteiger partial charge in [0.05, 0.1) is 0 Å². The van der Waals surface area contributed by atoms with Gasteiger partial charge in [0.25, 0.3) is 0 Å². The number of phenolic OH excluding ortho intramolecular Hbond substituents is 1. The van der Waals surface area contributed by atoms with Gasteiger partial charge >= 0.3 is 0 Å². The molecule has 0 fully saturated rings. The molecule has 1 nitrogen and oxygen atoms in total. The maximum absolute atomic E-state index is 9.31. The topological polar surface area (TPSA) is 20.2 Å². The molecule has 1 aromatic carbocycles. The van der Waals surface area contributed by atoms with Crippen LogP contribution in [0.5, 0.6) is 5.75 Å². The molecule has 0 amide bonds. The van der Waals surface area contributed by atoms with Crippen molar-refractivity contribution in [3.63, 3.8) is 0 Å². The Morgan fingerprint density at radius 3 is 2.69 bits per heavy atom. The summed E-state index contributed by atoms with van der Waals surface area (Å²) in [5.74, 6) is 0.205. The molecular weight excluding hydrogens is 204 g/mol. The van der Waals surface area contributed by atoms with Gasteiger partial charge in [-0.1, -0.05) is 17.7 Å². The molecule has 1 aromatic heterocycles. The molecule has 0 unspecified atom stereocenters. The first-order valence-electron chi connectivity index (χ1n) is 3.79. The van der Waals surface area contributed by atoms with Gasteiger partial charge in [0, 0.05) is 9.90 Å². The Morgan fingerprint density at radius 1 is 1.23 bits per heavy atom. The number of rotatable bonds is 1. The van der Waals surface area contributed by atoms with Crippen LogP contribution in [0.25, 0.3) is 10.4 Å². The highest BCUT2D eigenvalue weighted by Crippen LogP contribution is 2.30. The van der Waals surface area contributed by atoms with Gasteiger partial charge in [0.2, 0.25) is 0 Å². The highest BCUT2D eigenvalue weighted by Gasteiger charge is 2.01. The van der Waals surface area contributed by atoms with Crippen molar-refractivity contribution in [3.05, 3.63) is 40.7 Å². The van der Waals surface area contributed by atoms with Gasteiger partial charge in [0.15, 0.2) is 0 Å². The maximum atomic E-state index is 9.31. The molecule has 13 heavy (non-hydrogen) atoms. The molecule has 2 rings (SSSR count). The van der Waals surface area contributed by atoms with Gasteiger partial charge in [-0.15, -0.1) is 11.3 Å². The van der Waals surface area contributed by atoms with Crippen molar-refractivity contribution in [3.8, 4) is 16.2 Å². The lowest BCUT2D eigenvalue weighted by molar-refractivity contribution is 0.475. The molecular formula is C10H7ClOS. The second-order valence-electron chi connectivity index (χ2n) is 2.68. The Kier molecular flexibility index (Phi) is 2.25. The van der Waals surface area contributed by atoms with E-state index in [-0.39, 0.29) is 5.75 Å². The molecule has 1 N–H and O–H groups in total. The van der Waals surface area contributed by atoms with E-state index in [4.69, 9.17) is 11.6 Å². The number of hydrogen-bond acceptors (Lipinski definition) is 2. The third kappa shape index (κ3) is 1.85. The van der Waals surface area contributed by atoms with E-state index in [9.17, 15) is 5.11 Å². The average Bonchev–Trinajstić information content (AvgIpc) is 2.53. The van der Waals surface area contributed by atoms with E-state index in [1.807, 2.05) is 23.6 Å². The molecule has 0 atom stereocenters. The van der Waals surface area contributed by atoms with E-state index < -0.39 is 0 Å². The molecule has 0 aliphatic heterocycles. The lowest BCUT2D eigenvalue weighted by Gasteiger charge is -1.99. The summed E-state index contributed by atoms with van der Waals surface area (Å²) in [4.78, 5) is 1.11. The van der Waals surface area contributed by atoms with Crippen LogP contribution in [0.2, 0.25) is 5.02 Å². The molecule has 0 aliphatic carbocycles. The second kappa shape index (κ2) is 3.40. The van der Waals surface area contributed by atoms with Crippen molar-refractivity contribution in [1.29, 1.82) is 0 Å². The number of thiophene rings is 1. The molecule has 66 valence electrons. The van der Waals surface area contributed by atoms with Gasteiger partial charge in [-0.2, -0.15) is 0 Å². The minimum atomic E-state index is 0.205. The first-order valence-corrected chi connectivity index (χ1v) is 5.05. The predicted molar refractivity (Wildman–Crippen MR) is 56.4 cm³/mol. The normalized spacial score (nSPS) is 10.2. The van der Waals surface area contributed by atoms with Crippen LogP contribution in [0.4, 0.5) is 0 Å². The van der Waals surface area contributed by atoms with Crippen molar-refractivity contribution in [2.45, 2.75) is 0 Å². The number of aromatic hydroxyl groups is 1. The fraction of sp³-hybridized carbons (Fsp3) is 0. The zero-order chi connectivity index (χ0) is 9.26. The van der Waals surface area contributed by atoms with Crippen molar-refractivity contribution in [2.75, 3.05) is 0 Å². The van der Waals surface area contributed by atoms with E-state index in [1.165, 1.54) is 6.07 Å². The summed E-state index contributed by atoms with van der Waals surface area (Å²) in [7, 11) is 0. The standard InChI is InChI=1S/C10H7ClOS/c11-8-4-7(5-9(12)6-8)10-2-1-3-13-10/h1-6,12H. The number of halogens is 1. The van der Waals surface area contributed by atoms with Crippen LogP contribution in [0.1, 0.15) is 0 Å². The van der Waals surface area contributed by atoms with Crippen molar-refractivity contribution < 1.29 is 5.11 Å². The molecule has 0 spiro atoms. The third-order valence-electron chi connectivity index (χ3n) is 1.69. The Bertz CT molecular complexity index is 389. The fourth-order valence-electron chi connectivity index (χ4n) is 1.16. The molecule has 2 aromatic rings. The zero-order valence-electron chi connectivity index (χ0n) is 6.70. The highest BCUT2D eigenvalue weighted by molar-refractivity contribution is 7.13. The Balaban J connectivity index is 2.53. The van der Waals surface area contributed by atoms with Crippen molar-refractivity contribution in [1.82, 2.24) is 0 Å². The molecule has 0 bridgehead atoms. The summed E-state index contributed by atoms with van der Waals surface area (Å²) in [5, 5.41) is 11.9. The lowest BCUT2D eigenvalue weighted by Crippen LogP contribution is -1.72. The van der Waals surface area contributed by atoms with Crippen LogP contribution in [-0.4, -0.2) is 5.11 Å². The maximum Gasteiger partial charge on any atom is 0.117 e. The second-order valence-corrected chi connectivity index (χ2v) is 4.06. The zero-order valence-corrected chi connectivity index (χ0v) is 8.27. The van der Waals surface area contributed by atoms with Crippen LogP contribution in [0, 0.1) is 0 Å². The molecule has 0 aliphatic rings. The van der Waals surface area contributed by atoms with Gasteiger partial charge in [-0.05, 0) is 35.2 Å². The van der Waals surface area contributed by atoms with Gasteiger partial charge in [0.1, 0.15) is 5.75 Å². The van der Waals surface area contributed by atoms with Crippen LogP contribution in [-0.2, 0) is 0 Å². The van der Waals surface area contributed by atoms with Gasteiger partial charge in [-0.3, -0.25) is 0 Å². The van der Waals surface area contributed by atoms with E-state index in [0.29, 0.717) is 5.02 Å². The predicted octanol–water partition coefficient (Wildman–Crippen LogP) is 3.77. The third-order valence-corrected chi connectivity index (χ3v) is 2.83. The largest absolute Gasteiger partial charge is 0.508 e. The van der Waals surface area contributed by atoms with Crippen molar-refractivity contribution in [2.24, 2.45) is 0 Å². The van der Waals surface area contributed by atoms with Crippen LogP contribution >= 0.6 is 22.9 Å². The van der Waals surface area contributed by atoms with Crippen molar-refractivity contribution >= 4 is 22.9 Å². The van der Waals surface area contributed by atoms with Crippen LogP contribution < -0.4 is 0 Å². The summed E-state index contributed by atoms with van der Waals surface area (Å²) in [5.41, 5.74) is 0.958. The average molecular weight is 211 g/mol. The minimum Gasteiger partial charge on any atom is -0.508 e.